The third-order valence-electron chi connectivity index (χ3n) is 2.34. The number of aromatic nitrogens is 2. The Kier molecular flexibility index (Phi) is 3.71. The van der Waals surface area contributed by atoms with Gasteiger partial charge in [-0.05, 0) is 20.3 Å². The summed E-state index contributed by atoms with van der Waals surface area (Å²) in [6, 6.07) is 0.130. The predicted molar refractivity (Wildman–Crippen MR) is 62.8 cm³/mol. The molecule has 1 unspecified atom stereocenters. The fourth-order valence-electron chi connectivity index (χ4n) is 1.62. The minimum absolute atomic E-state index is 0.130. The second-order valence-corrected chi connectivity index (χ2v) is 3.81. The SMILES string of the molecule is C=CCC(C)Nc1c(C(=O)O)c(C)nn1C. The van der Waals surface area contributed by atoms with E-state index >= 15 is 0 Å². The lowest BCUT2D eigenvalue weighted by Crippen LogP contribution is -2.18. The Morgan fingerprint density at radius 3 is 2.88 bits per heavy atom. The number of carbonyl (C=O) groups is 1. The summed E-state index contributed by atoms with van der Waals surface area (Å²) in [7, 11) is 1.72. The van der Waals surface area contributed by atoms with Crippen LogP contribution in [0.4, 0.5) is 5.82 Å². The van der Waals surface area contributed by atoms with Crippen molar-refractivity contribution in [1.29, 1.82) is 0 Å². The fourth-order valence-corrected chi connectivity index (χ4v) is 1.62. The highest BCUT2D eigenvalue weighted by Crippen LogP contribution is 2.19. The Bertz CT molecular complexity index is 410. The second kappa shape index (κ2) is 4.83. The average Bonchev–Trinajstić information content (AvgIpc) is 2.41. The van der Waals surface area contributed by atoms with Crippen LogP contribution in [0, 0.1) is 6.92 Å². The number of nitrogens with one attached hydrogen (secondary N) is 1. The lowest BCUT2D eigenvalue weighted by atomic mass is 10.2. The zero-order valence-electron chi connectivity index (χ0n) is 9.82. The molecule has 1 heterocycles. The van der Waals surface area contributed by atoms with Crippen molar-refractivity contribution >= 4 is 11.8 Å². The van der Waals surface area contributed by atoms with Gasteiger partial charge in [-0.2, -0.15) is 5.10 Å². The molecule has 0 fully saturated rings. The first-order valence-corrected chi connectivity index (χ1v) is 5.11. The molecule has 0 aliphatic rings. The van der Waals surface area contributed by atoms with Crippen molar-refractivity contribution in [3.05, 3.63) is 23.9 Å². The molecule has 0 spiro atoms. The van der Waals surface area contributed by atoms with E-state index in [2.05, 4.69) is 17.0 Å². The van der Waals surface area contributed by atoms with Gasteiger partial charge in [-0.25, -0.2) is 4.79 Å². The van der Waals surface area contributed by atoms with E-state index < -0.39 is 5.97 Å². The molecule has 0 saturated carbocycles. The van der Waals surface area contributed by atoms with E-state index in [9.17, 15) is 4.79 Å². The number of aromatic carboxylic acids is 1. The smallest absolute Gasteiger partial charge is 0.341 e. The van der Waals surface area contributed by atoms with Gasteiger partial charge in [-0.3, -0.25) is 4.68 Å². The van der Waals surface area contributed by atoms with E-state index in [1.54, 1.807) is 24.7 Å². The molecule has 0 saturated heterocycles. The molecule has 0 radical (unpaired) electrons. The molecular formula is C11H17N3O2. The monoisotopic (exact) mass is 223 g/mol. The van der Waals surface area contributed by atoms with E-state index in [0.29, 0.717) is 11.5 Å². The molecule has 0 aliphatic carbocycles. The van der Waals surface area contributed by atoms with Crippen LogP contribution in [-0.2, 0) is 7.05 Å². The summed E-state index contributed by atoms with van der Waals surface area (Å²) in [5.41, 5.74) is 0.752. The van der Waals surface area contributed by atoms with Crippen LogP contribution in [0.1, 0.15) is 29.4 Å². The number of aryl methyl sites for hydroxylation is 2. The molecule has 5 nitrogen and oxygen atoms in total. The van der Waals surface area contributed by atoms with Gasteiger partial charge in [0.25, 0.3) is 0 Å². The van der Waals surface area contributed by atoms with Gasteiger partial charge in [0.15, 0.2) is 0 Å². The van der Waals surface area contributed by atoms with Gasteiger partial charge >= 0.3 is 5.97 Å². The largest absolute Gasteiger partial charge is 0.477 e. The number of nitrogens with zero attached hydrogens (tertiary/aromatic N) is 2. The van der Waals surface area contributed by atoms with Gasteiger partial charge in [-0.1, -0.05) is 6.08 Å². The summed E-state index contributed by atoms with van der Waals surface area (Å²) >= 11 is 0. The molecule has 1 atom stereocenters. The average molecular weight is 223 g/mol. The van der Waals surface area contributed by atoms with Gasteiger partial charge in [0, 0.05) is 13.1 Å². The first kappa shape index (κ1) is 12.3. The molecule has 88 valence electrons. The van der Waals surface area contributed by atoms with Crippen molar-refractivity contribution < 1.29 is 9.90 Å². The zero-order valence-corrected chi connectivity index (χ0v) is 9.82. The van der Waals surface area contributed by atoms with Crippen LogP contribution in [0.5, 0.6) is 0 Å². The first-order chi connectivity index (χ1) is 7.47. The summed E-state index contributed by atoms with van der Waals surface area (Å²) in [4.78, 5) is 11.1. The maximum atomic E-state index is 11.1. The third-order valence-corrected chi connectivity index (χ3v) is 2.34. The molecule has 5 heteroatoms. The molecule has 0 aromatic carbocycles. The topological polar surface area (TPSA) is 67.2 Å². The van der Waals surface area contributed by atoms with Gasteiger partial charge in [0.05, 0.1) is 5.69 Å². The van der Waals surface area contributed by atoms with Crippen molar-refractivity contribution in [2.45, 2.75) is 26.3 Å². The summed E-state index contributed by atoms with van der Waals surface area (Å²) in [6.07, 6.45) is 2.56. The number of rotatable bonds is 5. The van der Waals surface area contributed by atoms with Gasteiger partial charge in [-0.15, -0.1) is 6.58 Å². The number of carboxylic acid groups (broad SMARTS) is 1. The molecule has 2 N–H and O–H groups in total. The zero-order chi connectivity index (χ0) is 12.3. The summed E-state index contributed by atoms with van der Waals surface area (Å²) < 4.78 is 1.55. The van der Waals surface area contributed by atoms with Crippen LogP contribution in [0.2, 0.25) is 0 Å². The third kappa shape index (κ3) is 2.42. The Hall–Kier alpha value is -1.78. The molecule has 0 amide bonds. The fraction of sp³-hybridized carbons (Fsp3) is 0.455. The number of anilines is 1. The predicted octanol–water partition coefficient (Wildman–Crippen LogP) is 1.80. The Morgan fingerprint density at radius 1 is 1.75 bits per heavy atom. The molecule has 16 heavy (non-hydrogen) atoms. The lowest BCUT2D eigenvalue weighted by molar-refractivity contribution is 0.0697. The Labute approximate surface area is 94.8 Å². The van der Waals surface area contributed by atoms with E-state index in [1.165, 1.54) is 0 Å². The maximum absolute atomic E-state index is 11.1. The normalized spacial score (nSPS) is 12.2. The summed E-state index contributed by atoms with van der Waals surface area (Å²) in [5.74, 6) is -0.418. The highest BCUT2D eigenvalue weighted by molar-refractivity contribution is 5.94. The number of hydrogen-bond acceptors (Lipinski definition) is 3. The van der Waals surface area contributed by atoms with Crippen LogP contribution in [0.25, 0.3) is 0 Å². The van der Waals surface area contributed by atoms with Crippen molar-refractivity contribution in [3.8, 4) is 0 Å². The second-order valence-electron chi connectivity index (χ2n) is 3.81. The minimum Gasteiger partial charge on any atom is -0.477 e. The van der Waals surface area contributed by atoms with Crippen LogP contribution < -0.4 is 5.32 Å². The van der Waals surface area contributed by atoms with Gasteiger partial charge < -0.3 is 10.4 Å². The summed E-state index contributed by atoms with van der Waals surface area (Å²) in [6.45, 7) is 7.30. The standard InChI is InChI=1S/C11H17N3O2/c1-5-6-7(2)12-10-9(11(15)16)8(3)13-14(10)4/h5,7,12H,1,6H2,2-4H3,(H,15,16). The van der Waals surface area contributed by atoms with Crippen molar-refractivity contribution in [1.82, 2.24) is 9.78 Å². The highest BCUT2D eigenvalue weighted by atomic mass is 16.4. The van der Waals surface area contributed by atoms with Crippen LogP contribution in [0.3, 0.4) is 0 Å². The molecule has 1 aromatic rings. The Morgan fingerprint density at radius 2 is 2.38 bits per heavy atom. The van der Waals surface area contributed by atoms with Crippen LogP contribution >= 0.6 is 0 Å². The summed E-state index contributed by atoms with van der Waals surface area (Å²) in [5, 5.41) is 16.3. The van der Waals surface area contributed by atoms with E-state index in [1.807, 2.05) is 6.92 Å². The van der Waals surface area contributed by atoms with Gasteiger partial charge in [0.2, 0.25) is 0 Å². The number of carboxylic acids is 1. The van der Waals surface area contributed by atoms with Crippen molar-refractivity contribution in [3.63, 3.8) is 0 Å². The van der Waals surface area contributed by atoms with Crippen LogP contribution in [-0.4, -0.2) is 26.9 Å². The van der Waals surface area contributed by atoms with Gasteiger partial charge in [0.1, 0.15) is 11.4 Å². The van der Waals surface area contributed by atoms with E-state index in [4.69, 9.17) is 5.11 Å². The quantitative estimate of drug-likeness (QED) is 0.747. The molecule has 1 aromatic heterocycles. The van der Waals surface area contributed by atoms with Crippen LogP contribution in [0.15, 0.2) is 12.7 Å². The lowest BCUT2D eigenvalue weighted by Gasteiger charge is -2.13. The maximum Gasteiger partial charge on any atom is 0.341 e. The number of hydrogen-bond donors (Lipinski definition) is 2. The molecule has 0 bridgehead atoms. The molecular weight excluding hydrogens is 206 g/mol. The van der Waals surface area contributed by atoms with E-state index in [0.717, 1.165) is 6.42 Å². The minimum atomic E-state index is -0.959. The van der Waals surface area contributed by atoms with E-state index in [-0.39, 0.29) is 11.6 Å². The molecule has 0 aliphatic heterocycles. The van der Waals surface area contributed by atoms with Crippen molar-refractivity contribution in [2.75, 3.05) is 5.32 Å². The molecule has 1 rings (SSSR count). The Balaban J connectivity index is 3.02. The first-order valence-electron chi connectivity index (χ1n) is 5.11. The van der Waals surface area contributed by atoms with Crippen molar-refractivity contribution in [2.24, 2.45) is 7.05 Å². The highest BCUT2D eigenvalue weighted by Gasteiger charge is 2.20.